The number of rotatable bonds is 5. The molecule has 4 rings (SSSR count). The molecule has 2 atom stereocenters. The first-order chi connectivity index (χ1) is 14.6. The largest absolute Gasteiger partial charge is 0.379 e. The van der Waals surface area contributed by atoms with E-state index in [-0.39, 0.29) is 30.1 Å². The highest BCUT2D eigenvalue weighted by molar-refractivity contribution is 14.0. The summed E-state index contributed by atoms with van der Waals surface area (Å²) >= 11 is 1.88. The van der Waals surface area contributed by atoms with E-state index in [0.717, 1.165) is 57.5 Å². The summed E-state index contributed by atoms with van der Waals surface area (Å²) in [6.07, 6.45) is 3.93. The third-order valence-electron chi connectivity index (χ3n) is 5.70. The fourth-order valence-corrected chi connectivity index (χ4v) is 5.11. The smallest absolute Gasteiger partial charge is 0.193 e. The molecule has 10 heteroatoms. The summed E-state index contributed by atoms with van der Waals surface area (Å²) in [5, 5.41) is 7.93. The number of halogens is 1. The average Bonchev–Trinajstić information content (AvgIpc) is 3.40. The molecule has 2 aliphatic rings. The zero-order chi connectivity index (χ0) is 20.9. The number of hydrogen-bond acceptors (Lipinski definition) is 6. The van der Waals surface area contributed by atoms with Crippen molar-refractivity contribution in [1.82, 2.24) is 24.9 Å². The van der Waals surface area contributed by atoms with Gasteiger partial charge in [-0.25, -0.2) is 0 Å². The molecular formula is C21H33IN6O2S. The Morgan fingerprint density at radius 2 is 2.10 bits per heavy atom. The van der Waals surface area contributed by atoms with Crippen LogP contribution in [0.1, 0.15) is 27.5 Å². The van der Waals surface area contributed by atoms with Crippen LogP contribution in [0.2, 0.25) is 0 Å². The van der Waals surface area contributed by atoms with Crippen molar-refractivity contribution in [1.29, 1.82) is 0 Å². The van der Waals surface area contributed by atoms with Crippen molar-refractivity contribution in [3.8, 4) is 0 Å². The maximum Gasteiger partial charge on any atom is 0.193 e. The van der Waals surface area contributed by atoms with Gasteiger partial charge in [-0.05, 0) is 19.1 Å². The van der Waals surface area contributed by atoms with Crippen LogP contribution >= 0.6 is 35.3 Å². The topological polar surface area (TPSA) is 67.2 Å². The zero-order valence-electron chi connectivity index (χ0n) is 18.5. The SMILES string of the molecule is CN=C(NCC(c1ccc(C)s1)N1CCOCC1)N1CCOC(c2cnn(C)c2)C1.I. The van der Waals surface area contributed by atoms with Crippen molar-refractivity contribution in [2.24, 2.45) is 12.0 Å². The molecule has 2 fully saturated rings. The maximum absolute atomic E-state index is 6.00. The second-order valence-corrected chi connectivity index (χ2v) is 9.11. The van der Waals surface area contributed by atoms with Crippen LogP contribution in [0.4, 0.5) is 0 Å². The van der Waals surface area contributed by atoms with E-state index in [1.54, 1.807) is 0 Å². The van der Waals surface area contributed by atoms with E-state index in [0.29, 0.717) is 12.6 Å². The number of aromatic nitrogens is 2. The Morgan fingerprint density at radius 1 is 1.29 bits per heavy atom. The summed E-state index contributed by atoms with van der Waals surface area (Å²) < 4.78 is 13.4. The predicted molar refractivity (Wildman–Crippen MR) is 134 cm³/mol. The fraction of sp³-hybridized carbons (Fsp3) is 0.619. The number of morpholine rings is 2. The molecule has 1 N–H and O–H groups in total. The van der Waals surface area contributed by atoms with Crippen LogP contribution in [0.3, 0.4) is 0 Å². The highest BCUT2D eigenvalue weighted by atomic mass is 127. The lowest BCUT2D eigenvalue weighted by Crippen LogP contribution is -2.50. The van der Waals surface area contributed by atoms with Gasteiger partial charge in [-0.3, -0.25) is 14.6 Å². The van der Waals surface area contributed by atoms with E-state index in [4.69, 9.17) is 9.47 Å². The van der Waals surface area contributed by atoms with Crippen LogP contribution in [0.5, 0.6) is 0 Å². The summed E-state index contributed by atoms with van der Waals surface area (Å²) in [5.74, 6) is 0.929. The number of guanidine groups is 1. The van der Waals surface area contributed by atoms with E-state index < -0.39 is 0 Å². The van der Waals surface area contributed by atoms with Crippen molar-refractivity contribution < 1.29 is 9.47 Å². The van der Waals surface area contributed by atoms with Crippen molar-refractivity contribution in [3.05, 3.63) is 39.8 Å². The lowest BCUT2D eigenvalue weighted by molar-refractivity contribution is -0.00851. The van der Waals surface area contributed by atoms with Gasteiger partial charge in [-0.15, -0.1) is 35.3 Å². The van der Waals surface area contributed by atoms with E-state index in [1.807, 2.05) is 42.5 Å². The molecule has 2 unspecified atom stereocenters. The number of nitrogens with one attached hydrogen (secondary N) is 1. The molecule has 8 nitrogen and oxygen atoms in total. The summed E-state index contributed by atoms with van der Waals surface area (Å²) in [4.78, 5) is 12.1. The van der Waals surface area contributed by atoms with Crippen LogP contribution in [0.15, 0.2) is 29.5 Å². The molecule has 2 aromatic rings. The van der Waals surface area contributed by atoms with Crippen molar-refractivity contribution in [2.45, 2.75) is 19.1 Å². The molecule has 2 aliphatic heterocycles. The standard InChI is InChI=1S/C21H32N6O2S.HI/c1-16-4-5-20(30-16)18(26-6-9-28-10-7-26)13-23-21(22-2)27-8-11-29-19(15-27)17-12-24-25(3)14-17;/h4-5,12,14,18-19H,6-11,13,15H2,1-3H3,(H,22,23);1H. The van der Waals surface area contributed by atoms with Crippen LogP contribution < -0.4 is 5.32 Å². The zero-order valence-corrected chi connectivity index (χ0v) is 21.6. The molecule has 0 bridgehead atoms. The van der Waals surface area contributed by atoms with E-state index >= 15 is 0 Å². The van der Waals surface area contributed by atoms with Gasteiger partial charge < -0.3 is 19.7 Å². The van der Waals surface area contributed by atoms with Gasteiger partial charge in [0.05, 0.1) is 38.6 Å². The number of aryl methyl sites for hydroxylation is 2. The number of nitrogens with zero attached hydrogens (tertiary/aromatic N) is 5. The first-order valence-electron chi connectivity index (χ1n) is 10.6. The van der Waals surface area contributed by atoms with Crippen molar-refractivity contribution >= 4 is 41.3 Å². The molecule has 0 saturated carbocycles. The van der Waals surface area contributed by atoms with Gasteiger partial charge >= 0.3 is 0 Å². The maximum atomic E-state index is 6.00. The number of hydrogen-bond donors (Lipinski definition) is 1. The highest BCUT2D eigenvalue weighted by Crippen LogP contribution is 2.28. The van der Waals surface area contributed by atoms with E-state index in [1.165, 1.54) is 9.75 Å². The van der Waals surface area contributed by atoms with Crippen LogP contribution in [0.25, 0.3) is 0 Å². The van der Waals surface area contributed by atoms with E-state index in [9.17, 15) is 0 Å². The summed E-state index contributed by atoms with van der Waals surface area (Å²) in [5.41, 5.74) is 1.11. The van der Waals surface area contributed by atoms with Gasteiger partial charge in [0.2, 0.25) is 0 Å². The van der Waals surface area contributed by atoms with Gasteiger partial charge in [-0.2, -0.15) is 5.10 Å². The molecular weight excluding hydrogens is 527 g/mol. The van der Waals surface area contributed by atoms with Crippen LogP contribution in [-0.2, 0) is 16.5 Å². The average molecular weight is 561 g/mol. The Labute approximate surface area is 205 Å². The second-order valence-electron chi connectivity index (χ2n) is 7.79. The molecule has 0 aromatic carbocycles. The number of thiophene rings is 1. The minimum atomic E-state index is 0. The number of aliphatic imine (C=N–C) groups is 1. The number of ether oxygens (including phenoxy) is 2. The minimum absolute atomic E-state index is 0. The van der Waals surface area contributed by atoms with Crippen LogP contribution in [-0.4, -0.2) is 85.1 Å². The van der Waals surface area contributed by atoms with Crippen molar-refractivity contribution in [3.63, 3.8) is 0 Å². The van der Waals surface area contributed by atoms with Crippen LogP contribution in [0, 0.1) is 6.92 Å². The van der Waals surface area contributed by atoms with Gasteiger partial charge in [0.15, 0.2) is 5.96 Å². The lowest BCUT2D eigenvalue weighted by atomic mass is 10.1. The lowest BCUT2D eigenvalue weighted by Gasteiger charge is -2.37. The third kappa shape index (κ3) is 6.19. The van der Waals surface area contributed by atoms with Crippen molar-refractivity contribution in [2.75, 3.05) is 59.6 Å². The summed E-state index contributed by atoms with van der Waals surface area (Å²) in [6.45, 7) is 8.78. The Bertz CT molecular complexity index is 851. The van der Waals surface area contributed by atoms with Gasteiger partial charge in [0.1, 0.15) is 6.10 Å². The Balaban J connectivity index is 0.00000272. The Morgan fingerprint density at radius 3 is 2.74 bits per heavy atom. The predicted octanol–water partition coefficient (Wildman–Crippen LogP) is 2.43. The fourth-order valence-electron chi connectivity index (χ4n) is 4.10. The molecule has 0 radical (unpaired) electrons. The normalized spacial score (nSPS) is 21.6. The molecule has 2 saturated heterocycles. The molecule has 2 aromatic heterocycles. The molecule has 0 spiro atoms. The van der Waals surface area contributed by atoms with E-state index in [2.05, 4.69) is 44.3 Å². The van der Waals surface area contributed by atoms with Gasteiger partial charge in [0, 0.05) is 61.8 Å². The first-order valence-corrected chi connectivity index (χ1v) is 11.4. The molecule has 0 amide bonds. The molecule has 0 aliphatic carbocycles. The molecule has 31 heavy (non-hydrogen) atoms. The summed E-state index contributed by atoms with van der Waals surface area (Å²) in [7, 11) is 3.79. The Kier molecular flexibility index (Phi) is 9.14. The molecule has 4 heterocycles. The summed E-state index contributed by atoms with van der Waals surface area (Å²) in [6, 6.07) is 4.79. The molecule has 172 valence electrons. The van der Waals surface area contributed by atoms with Gasteiger partial charge in [-0.1, -0.05) is 0 Å². The monoisotopic (exact) mass is 560 g/mol. The first kappa shape index (κ1) is 24.4. The third-order valence-corrected chi connectivity index (χ3v) is 6.81. The Hall–Kier alpha value is -1.21. The minimum Gasteiger partial charge on any atom is -0.379 e. The highest BCUT2D eigenvalue weighted by Gasteiger charge is 2.28. The van der Waals surface area contributed by atoms with Gasteiger partial charge in [0.25, 0.3) is 0 Å². The quantitative estimate of drug-likeness (QED) is 0.345. The second kappa shape index (κ2) is 11.6.